The number of fused-ring (bicyclic) bond motifs is 2. The molecule has 1 aromatic rings. The molecule has 2 N–H and O–H groups in total. The van der Waals surface area contributed by atoms with Crippen LogP contribution >= 0.6 is 0 Å². The molecule has 1 aromatic heterocycles. The Hall–Kier alpha value is -1.91. The topological polar surface area (TPSA) is 71.1 Å². The van der Waals surface area contributed by atoms with Gasteiger partial charge in [-0.05, 0) is 49.1 Å². The van der Waals surface area contributed by atoms with Crippen molar-refractivity contribution in [3.05, 3.63) is 30.1 Å². The molecule has 3 atom stereocenters. The molecule has 0 aliphatic heterocycles. The van der Waals surface area contributed by atoms with Gasteiger partial charge in [0.15, 0.2) is 0 Å². The molecule has 2 bridgehead atoms. The number of amides is 2. The Labute approximate surface area is 118 Å². The molecule has 0 aromatic carbocycles. The van der Waals surface area contributed by atoms with E-state index in [1.807, 2.05) is 0 Å². The summed E-state index contributed by atoms with van der Waals surface area (Å²) in [5.41, 5.74) is 5.38. The lowest BCUT2D eigenvalue weighted by atomic mass is 9.86. The summed E-state index contributed by atoms with van der Waals surface area (Å²) >= 11 is 0. The van der Waals surface area contributed by atoms with Gasteiger partial charge < -0.3 is 0 Å². The molecular formula is C15H19N3O2. The highest BCUT2D eigenvalue weighted by Crippen LogP contribution is 2.49. The second-order valence-electron chi connectivity index (χ2n) is 5.88. The van der Waals surface area contributed by atoms with E-state index in [0.717, 1.165) is 11.8 Å². The van der Waals surface area contributed by atoms with Crippen molar-refractivity contribution in [2.45, 2.75) is 32.1 Å². The Kier molecular flexibility index (Phi) is 3.67. The van der Waals surface area contributed by atoms with Crippen LogP contribution in [0.2, 0.25) is 0 Å². The van der Waals surface area contributed by atoms with Crippen LogP contribution in [0, 0.1) is 17.8 Å². The maximum absolute atomic E-state index is 11.9. The average Bonchev–Trinajstić information content (AvgIpc) is 3.08. The number of pyridine rings is 1. The van der Waals surface area contributed by atoms with E-state index in [9.17, 15) is 9.59 Å². The zero-order valence-corrected chi connectivity index (χ0v) is 11.3. The lowest BCUT2D eigenvalue weighted by Gasteiger charge is -2.20. The smallest absolute Gasteiger partial charge is 0.271 e. The SMILES string of the molecule is O=C(CC1CC2CCC1C2)NNC(=O)c1cccnc1. The van der Waals surface area contributed by atoms with Crippen LogP contribution in [-0.2, 0) is 4.79 Å². The maximum atomic E-state index is 11.9. The van der Waals surface area contributed by atoms with Crippen molar-refractivity contribution in [2.75, 3.05) is 0 Å². The first-order valence-corrected chi connectivity index (χ1v) is 7.21. The highest BCUT2D eigenvalue weighted by Gasteiger charge is 2.40. The molecule has 5 nitrogen and oxygen atoms in total. The van der Waals surface area contributed by atoms with E-state index in [1.54, 1.807) is 18.3 Å². The normalized spacial score (nSPS) is 27.3. The second-order valence-corrected chi connectivity index (χ2v) is 5.88. The van der Waals surface area contributed by atoms with Crippen molar-refractivity contribution in [3.63, 3.8) is 0 Å². The van der Waals surface area contributed by atoms with E-state index >= 15 is 0 Å². The van der Waals surface area contributed by atoms with Crippen molar-refractivity contribution in [1.29, 1.82) is 0 Å². The quantitative estimate of drug-likeness (QED) is 0.823. The zero-order valence-electron chi connectivity index (χ0n) is 11.3. The van der Waals surface area contributed by atoms with Gasteiger partial charge in [0.25, 0.3) is 5.91 Å². The minimum atomic E-state index is -0.334. The Morgan fingerprint density at radius 2 is 2.15 bits per heavy atom. The molecule has 5 heteroatoms. The Morgan fingerprint density at radius 1 is 1.25 bits per heavy atom. The number of nitrogens with zero attached hydrogens (tertiary/aromatic N) is 1. The van der Waals surface area contributed by atoms with Crippen molar-refractivity contribution in [3.8, 4) is 0 Å². The molecular weight excluding hydrogens is 254 g/mol. The average molecular weight is 273 g/mol. The van der Waals surface area contributed by atoms with E-state index in [0.29, 0.717) is 17.9 Å². The molecule has 1 heterocycles. The molecule has 0 spiro atoms. The molecule has 2 saturated carbocycles. The summed E-state index contributed by atoms with van der Waals surface area (Å²) in [4.78, 5) is 27.5. The number of aromatic nitrogens is 1. The van der Waals surface area contributed by atoms with E-state index in [2.05, 4.69) is 15.8 Å². The maximum Gasteiger partial charge on any atom is 0.271 e. The van der Waals surface area contributed by atoms with Crippen LogP contribution < -0.4 is 10.9 Å². The highest BCUT2D eigenvalue weighted by atomic mass is 16.2. The lowest BCUT2D eigenvalue weighted by molar-refractivity contribution is -0.123. The van der Waals surface area contributed by atoms with Crippen molar-refractivity contribution in [2.24, 2.45) is 17.8 Å². The second kappa shape index (κ2) is 5.61. The van der Waals surface area contributed by atoms with Gasteiger partial charge in [0, 0.05) is 18.8 Å². The van der Waals surface area contributed by atoms with Crippen LogP contribution in [0.15, 0.2) is 24.5 Å². The molecule has 3 unspecified atom stereocenters. The standard InChI is InChI=1S/C15H19N3O2/c19-14(8-13-7-10-3-4-11(13)6-10)17-18-15(20)12-2-1-5-16-9-12/h1-2,5,9-11,13H,3-4,6-8H2,(H,17,19)(H,18,20). The molecule has 2 fully saturated rings. The summed E-state index contributed by atoms with van der Waals surface area (Å²) in [6.07, 6.45) is 8.66. The molecule has 2 aliphatic rings. The van der Waals surface area contributed by atoms with E-state index < -0.39 is 0 Å². The molecule has 20 heavy (non-hydrogen) atoms. The third-order valence-corrected chi connectivity index (χ3v) is 4.57. The number of hydrogen-bond donors (Lipinski definition) is 2. The van der Waals surface area contributed by atoms with Crippen molar-refractivity contribution >= 4 is 11.8 Å². The fourth-order valence-corrected chi connectivity index (χ4v) is 3.61. The van der Waals surface area contributed by atoms with Gasteiger partial charge in [-0.25, -0.2) is 0 Å². The lowest BCUT2D eigenvalue weighted by Crippen LogP contribution is -2.42. The number of nitrogens with one attached hydrogen (secondary N) is 2. The van der Waals surface area contributed by atoms with Crippen LogP contribution in [0.25, 0.3) is 0 Å². The summed E-state index contributed by atoms with van der Waals surface area (Å²) in [5, 5.41) is 0. The minimum absolute atomic E-state index is 0.0974. The van der Waals surface area contributed by atoms with Gasteiger partial charge in [0.05, 0.1) is 5.56 Å². The summed E-state index contributed by atoms with van der Waals surface area (Å²) in [6, 6.07) is 3.34. The van der Waals surface area contributed by atoms with E-state index in [-0.39, 0.29) is 11.8 Å². The molecule has 106 valence electrons. The summed E-state index contributed by atoms with van der Waals surface area (Å²) in [7, 11) is 0. The van der Waals surface area contributed by atoms with Crippen LogP contribution in [0.5, 0.6) is 0 Å². The van der Waals surface area contributed by atoms with Crippen LogP contribution in [-0.4, -0.2) is 16.8 Å². The molecule has 0 radical (unpaired) electrons. The van der Waals surface area contributed by atoms with E-state index in [4.69, 9.17) is 0 Å². The predicted molar refractivity (Wildman–Crippen MR) is 73.4 cm³/mol. The summed E-state index contributed by atoms with van der Waals surface area (Å²) in [5.74, 6) is 1.63. The van der Waals surface area contributed by atoms with Gasteiger partial charge in [-0.1, -0.05) is 6.42 Å². The minimum Gasteiger partial charge on any atom is -0.273 e. The predicted octanol–water partition coefficient (Wildman–Crippen LogP) is 1.67. The van der Waals surface area contributed by atoms with Gasteiger partial charge in [0.2, 0.25) is 5.91 Å². The van der Waals surface area contributed by atoms with E-state index in [1.165, 1.54) is 31.9 Å². The fraction of sp³-hybridized carbons (Fsp3) is 0.533. The Morgan fingerprint density at radius 3 is 2.80 bits per heavy atom. The largest absolute Gasteiger partial charge is 0.273 e. The number of carbonyl (C=O) groups excluding carboxylic acids is 2. The number of hydrogen-bond acceptors (Lipinski definition) is 3. The van der Waals surface area contributed by atoms with Crippen LogP contribution in [0.3, 0.4) is 0 Å². The summed E-state index contributed by atoms with van der Waals surface area (Å²) < 4.78 is 0. The number of hydrazine groups is 1. The zero-order chi connectivity index (χ0) is 13.9. The van der Waals surface area contributed by atoms with Gasteiger partial charge in [-0.3, -0.25) is 25.4 Å². The van der Waals surface area contributed by atoms with Crippen molar-refractivity contribution in [1.82, 2.24) is 15.8 Å². The van der Waals surface area contributed by atoms with Gasteiger partial charge in [-0.15, -0.1) is 0 Å². The fourth-order valence-electron chi connectivity index (χ4n) is 3.61. The molecule has 2 aliphatic carbocycles. The number of rotatable bonds is 3. The van der Waals surface area contributed by atoms with Gasteiger partial charge in [0.1, 0.15) is 0 Å². The molecule has 0 saturated heterocycles. The first kappa shape index (κ1) is 13.1. The molecule has 3 rings (SSSR count). The van der Waals surface area contributed by atoms with Gasteiger partial charge >= 0.3 is 0 Å². The van der Waals surface area contributed by atoms with Gasteiger partial charge in [-0.2, -0.15) is 0 Å². The number of carbonyl (C=O) groups is 2. The Bertz CT molecular complexity index is 503. The van der Waals surface area contributed by atoms with Crippen molar-refractivity contribution < 1.29 is 9.59 Å². The monoisotopic (exact) mass is 273 g/mol. The summed E-state index contributed by atoms with van der Waals surface area (Å²) in [6.45, 7) is 0. The highest BCUT2D eigenvalue weighted by molar-refractivity contribution is 5.95. The third kappa shape index (κ3) is 2.81. The first-order valence-electron chi connectivity index (χ1n) is 7.21. The first-order chi connectivity index (χ1) is 9.72. The molecule has 2 amide bonds. The van der Waals surface area contributed by atoms with Crippen LogP contribution in [0.4, 0.5) is 0 Å². The van der Waals surface area contributed by atoms with Crippen LogP contribution in [0.1, 0.15) is 42.5 Å². The Balaban J connectivity index is 1.44. The third-order valence-electron chi connectivity index (χ3n) is 4.57.